The first kappa shape index (κ1) is 15.0. The first-order valence-electron chi connectivity index (χ1n) is 6.18. The van der Waals surface area contributed by atoms with Gasteiger partial charge >= 0.3 is 0 Å². The van der Waals surface area contributed by atoms with Crippen LogP contribution in [0, 0.1) is 6.92 Å². The molecule has 0 aliphatic carbocycles. The third kappa shape index (κ3) is 3.47. The number of aryl methyl sites for hydroxylation is 2. The number of ether oxygens (including phenoxy) is 1. The zero-order valence-electron chi connectivity index (χ0n) is 11.2. The van der Waals surface area contributed by atoms with Gasteiger partial charge in [0.15, 0.2) is 0 Å². The van der Waals surface area contributed by atoms with E-state index in [-0.39, 0.29) is 18.5 Å². The van der Waals surface area contributed by atoms with Crippen LogP contribution in [0.3, 0.4) is 0 Å². The summed E-state index contributed by atoms with van der Waals surface area (Å²) in [6.45, 7) is 6.79. The van der Waals surface area contributed by atoms with E-state index in [0.29, 0.717) is 6.61 Å². The Morgan fingerprint density at radius 3 is 2.67 bits per heavy atom. The Balaban J connectivity index is 3.14. The van der Waals surface area contributed by atoms with Gasteiger partial charge in [-0.05, 0) is 31.4 Å². The summed E-state index contributed by atoms with van der Waals surface area (Å²) >= 11 is 5.68. The van der Waals surface area contributed by atoms with Gasteiger partial charge in [-0.1, -0.05) is 25.1 Å². The number of rotatable bonds is 6. The standard InChI is InChI=1S/C14H20ClNO2/c1-4-12-8-6-7-11(3)14(12)16(10-18-5-2)13(17)9-15/h6-8H,4-5,9-10H2,1-3H3/i2+1,5+1,9+1,13+1. The van der Waals surface area contributed by atoms with Gasteiger partial charge in [-0.25, -0.2) is 0 Å². The average Bonchev–Trinajstić information content (AvgIpc) is 2.39. The summed E-state index contributed by atoms with van der Waals surface area (Å²) in [6, 6.07) is 6.03. The monoisotopic (exact) mass is 273 g/mol. The summed E-state index contributed by atoms with van der Waals surface area (Å²) in [5, 5.41) is 0. The molecular weight excluding hydrogens is 254 g/mol. The van der Waals surface area contributed by atoms with Gasteiger partial charge < -0.3 is 4.74 Å². The van der Waals surface area contributed by atoms with E-state index in [2.05, 4.69) is 6.92 Å². The van der Waals surface area contributed by atoms with Crippen molar-refractivity contribution in [2.75, 3.05) is 24.1 Å². The lowest BCUT2D eigenvalue weighted by molar-refractivity contribution is -0.117. The van der Waals surface area contributed by atoms with E-state index in [9.17, 15) is 4.79 Å². The summed E-state index contributed by atoms with van der Waals surface area (Å²) in [4.78, 5) is 13.6. The molecule has 0 N–H and O–H groups in total. The van der Waals surface area contributed by atoms with Crippen molar-refractivity contribution in [2.24, 2.45) is 0 Å². The number of para-hydroxylation sites is 1. The molecule has 1 rings (SSSR count). The normalized spacial score (nSPS) is 10.4. The number of halogens is 1. The molecule has 0 aliphatic heterocycles. The van der Waals surface area contributed by atoms with Crippen molar-refractivity contribution in [1.82, 2.24) is 0 Å². The maximum Gasteiger partial charge on any atom is 0.243 e. The minimum atomic E-state index is -0.130. The van der Waals surface area contributed by atoms with Gasteiger partial charge in [0.2, 0.25) is 5.91 Å². The minimum absolute atomic E-state index is 0.0371. The van der Waals surface area contributed by atoms with E-state index in [4.69, 9.17) is 16.3 Å². The summed E-state index contributed by atoms with van der Waals surface area (Å²) in [5.41, 5.74) is 3.12. The van der Waals surface area contributed by atoms with E-state index < -0.39 is 0 Å². The molecule has 0 saturated carbocycles. The number of carbonyl (C=O) groups excluding carboxylic acids is 1. The van der Waals surface area contributed by atoms with Crippen LogP contribution in [0.1, 0.15) is 25.0 Å². The van der Waals surface area contributed by atoms with Gasteiger partial charge in [-0.2, -0.15) is 0 Å². The molecule has 0 fully saturated rings. The minimum Gasteiger partial charge on any atom is -0.361 e. The van der Waals surface area contributed by atoms with Crippen molar-refractivity contribution in [3.8, 4) is 0 Å². The van der Waals surface area contributed by atoms with Crippen LogP contribution in [0.15, 0.2) is 18.2 Å². The van der Waals surface area contributed by atoms with Crippen LogP contribution in [0.5, 0.6) is 0 Å². The topological polar surface area (TPSA) is 29.5 Å². The second-order valence-corrected chi connectivity index (χ2v) is 4.28. The van der Waals surface area contributed by atoms with Gasteiger partial charge in [0, 0.05) is 6.61 Å². The Labute approximate surface area is 114 Å². The molecule has 0 spiro atoms. The highest BCUT2D eigenvalue weighted by Crippen LogP contribution is 2.26. The van der Waals surface area contributed by atoms with Crippen molar-refractivity contribution < 1.29 is 9.53 Å². The molecule has 0 aromatic heterocycles. The van der Waals surface area contributed by atoms with Crippen molar-refractivity contribution in [3.63, 3.8) is 0 Å². The number of nitrogens with zero attached hydrogens (tertiary/aromatic N) is 1. The SMILES string of the molecule is CCc1cccc(C)c1N(CO[13CH2][13CH3])[13C](=O)[13CH2]Cl. The number of alkyl halides is 1. The summed E-state index contributed by atoms with van der Waals surface area (Å²) in [6.07, 6.45) is 0.870. The summed E-state index contributed by atoms with van der Waals surface area (Å²) < 4.78 is 5.37. The molecule has 0 bridgehead atoms. The fraction of sp³-hybridized carbons (Fsp3) is 0.500. The van der Waals surface area contributed by atoms with Crippen LogP contribution in [0.4, 0.5) is 5.69 Å². The van der Waals surface area contributed by atoms with E-state index in [1.807, 2.05) is 32.0 Å². The molecule has 1 aromatic carbocycles. The Kier molecular flexibility index (Phi) is 6.16. The Bertz CT molecular complexity index is 407. The molecule has 18 heavy (non-hydrogen) atoms. The van der Waals surface area contributed by atoms with E-state index in [1.165, 1.54) is 0 Å². The van der Waals surface area contributed by atoms with Crippen LogP contribution in [-0.4, -0.2) is 25.1 Å². The average molecular weight is 274 g/mol. The number of hydrogen-bond donors (Lipinski definition) is 0. The lowest BCUT2D eigenvalue weighted by atomic mass is 10.1. The molecule has 4 heteroatoms. The lowest BCUT2D eigenvalue weighted by Gasteiger charge is -2.25. The Hall–Kier alpha value is -1.06. The van der Waals surface area contributed by atoms with Crippen molar-refractivity contribution >= 4 is 23.2 Å². The first-order chi connectivity index (χ1) is 8.65. The van der Waals surface area contributed by atoms with Gasteiger partial charge in [0.25, 0.3) is 0 Å². The Morgan fingerprint density at radius 1 is 1.39 bits per heavy atom. The van der Waals surface area contributed by atoms with E-state index in [1.54, 1.807) is 4.90 Å². The highest BCUT2D eigenvalue weighted by molar-refractivity contribution is 6.29. The van der Waals surface area contributed by atoms with Gasteiger partial charge in [-0.15, -0.1) is 11.6 Å². The molecule has 0 unspecified atom stereocenters. The highest BCUT2D eigenvalue weighted by atomic mass is 35.5. The molecule has 3 nitrogen and oxygen atoms in total. The third-order valence-electron chi connectivity index (χ3n) is 2.81. The van der Waals surface area contributed by atoms with E-state index in [0.717, 1.165) is 23.2 Å². The van der Waals surface area contributed by atoms with Crippen LogP contribution >= 0.6 is 11.6 Å². The number of benzene rings is 1. The smallest absolute Gasteiger partial charge is 0.243 e. The number of amides is 1. The van der Waals surface area contributed by atoms with Crippen LogP contribution in [0.2, 0.25) is 0 Å². The molecule has 0 radical (unpaired) electrons. The fourth-order valence-corrected chi connectivity index (χ4v) is 2.05. The second-order valence-electron chi connectivity index (χ2n) is 4.01. The van der Waals surface area contributed by atoms with E-state index >= 15 is 0 Å². The predicted octanol–water partition coefficient (Wildman–Crippen LogP) is 3.12. The van der Waals surface area contributed by atoms with Crippen molar-refractivity contribution in [1.29, 1.82) is 0 Å². The largest absolute Gasteiger partial charge is 0.361 e. The molecule has 0 atom stereocenters. The summed E-state index contributed by atoms with van der Waals surface area (Å²) in [5.74, 6) is -0.168. The molecule has 1 aromatic rings. The highest BCUT2D eigenvalue weighted by Gasteiger charge is 2.19. The molecule has 0 aliphatic rings. The Morgan fingerprint density at radius 2 is 2.11 bits per heavy atom. The third-order valence-corrected chi connectivity index (χ3v) is 3.04. The van der Waals surface area contributed by atoms with Gasteiger partial charge in [0.05, 0.1) is 5.69 Å². The zero-order valence-corrected chi connectivity index (χ0v) is 12.0. The molecule has 0 heterocycles. The molecule has 1 amide bonds. The molecular formula is C14H20ClNO2. The van der Waals surface area contributed by atoms with Gasteiger partial charge in [0.1, 0.15) is 12.6 Å². The molecule has 100 valence electrons. The van der Waals surface area contributed by atoms with Crippen molar-refractivity contribution in [3.05, 3.63) is 29.3 Å². The van der Waals surface area contributed by atoms with Crippen LogP contribution in [-0.2, 0) is 16.0 Å². The van der Waals surface area contributed by atoms with Crippen LogP contribution < -0.4 is 4.90 Å². The second kappa shape index (κ2) is 7.39. The zero-order chi connectivity index (χ0) is 13.5. The maximum atomic E-state index is 12.0. The lowest BCUT2D eigenvalue weighted by Crippen LogP contribution is -2.35. The maximum absolute atomic E-state index is 12.0. The van der Waals surface area contributed by atoms with Crippen molar-refractivity contribution in [2.45, 2.75) is 27.2 Å². The van der Waals surface area contributed by atoms with Crippen LogP contribution in [0.25, 0.3) is 0 Å². The number of anilines is 1. The number of carbonyl (C=O) groups is 1. The number of hydrogen-bond acceptors (Lipinski definition) is 2. The summed E-state index contributed by atoms with van der Waals surface area (Å²) in [7, 11) is 0. The predicted molar refractivity (Wildman–Crippen MR) is 75.3 cm³/mol. The quantitative estimate of drug-likeness (QED) is 0.453. The molecule has 0 saturated heterocycles. The fourth-order valence-electron chi connectivity index (χ4n) is 1.91. The van der Waals surface area contributed by atoms with Gasteiger partial charge in [-0.3, -0.25) is 9.69 Å². The first-order valence-corrected chi connectivity index (χ1v) is 6.71.